The second-order valence-corrected chi connectivity index (χ2v) is 5.61. The predicted octanol–water partition coefficient (Wildman–Crippen LogP) is 2.18. The van der Waals surface area contributed by atoms with E-state index in [1.54, 1.807) is 13.8 Å². The van der Waals surface area contributed by atoms with Crippen molar-refractivity contribution in [2.45, 2.75) is 54.1 Å². The first-order chi connectivity index (χ1) is 8.57. The van der Waals surface area contributed by atoms with E-state index >= 15 is 0 Å². The topological polar surface area (TPSA) is 60.8 Å². The minimum Gasteiger partial charge on any atom is -0.396 e. The van der Waals surface area contributed by atoms with E-state index in [9.17, 15) is 9.90 Å². The van der Waals surface area contributed by atoms with E-state index < -0.39 is 11.5 Å². The first kappa shape index (κ1) is 23.6. The maximum Gasteiger partial charge on any atom is 0.143 e. The number of Topliss-reactive ketones (excluding diaryl/α,β-unsaturated/α-hetero) is 1. The molecule has 0 fully saturated rings. The van der Waals surface area contributed by atoms with Crippen molar-refractivity contribution in [1.29, 1.82) is 0 Å². The van der Waals surface area contributed by atoms with Crippen molar-refractivity contribution in [3.05, 3.63) is 0 Å². The van der Waals surface area contributed by atoms with Gasteiger partial charge in [-0.15, -0.1) is 0 Å². The lowest BCUT2D eigenvalue weighted by atomic mass is 9.77. The summed E-state index contributed by atoms with van der Waals surface area (Å²) in [7, 11) is 6.00. The summed E-state index contributed by atoms with van der Waals surface area (Å²) in [6.07, 6.45) is -0.502. The van der Waals surface area contributed by atoms with Crippen molar-refractivity contribution in [1.82, 2.24) is 4.90 Å². The Balaban J connectivity index is -0.000000361. The molecule has 0 aliphatic carbocycles. The van der Waals surface area contributed by atoms with Crippen LogP contribution in [0.3, 0.4) is 0 Å². The molecule has 0 aliphatic heterocycles. The lowest BCUT2D eigenvalue weighted by Gasteiger charge is -2.30. The average Bonchev–Trinajstić information content (AvgIpc) is 2.30. The number of carbonyl (C=O) groups excluding carboxylic acids is 1. The number of aliphatic hydroxyl groups is 2. The van der Waals surface area contributed by atoms with E-state index in [0.29, 0.717) is 0 Å². The van der Waals surface area contributed by atoms with Crippen LogP contribution in [0.1, 0.15) is 48.0 Å². The molecule has 0 rings (SSSR count). The summed E-state index contributed by atoms with van der Waals surface area (Å²) in [5, 5.41) is 18.3. The van der Waals surface area contributed by atoms with Crippen molar-refractivity contribution >= 4 is 5.78 Å². The Bertz CT molecular complexity index is 211. The number of rotatable bonds is 5. The first-order valence-corrected chi connectivity index (χ1v) is 7.01. The zero-order valence-electron chi connectivity index (χ0n) is 14.3. The SMILES string of the molecule is CC.CC(C)C(=O)C(C)(C)C(O)CCO.CN(C)C. The summed E-state index contributed by atoms with van der Waals surface area (Å²) in [5.74, 6) is -0.0446. The van der Waals surface area contributed by atoms with Gasteiger partial charge in [-0.1, -0.05) is 41.5 Å². The number of aliphatic hydroxyl groups excluding tert-OH is 2. The van der Waals surface area contributed by atoms with E-state index in [1.165, 1.54) is 0 Å². The van der Waals surface area contributed by atoms with Gasteiger partial charge in [-0.3, -0.25) is 4.79 Å². The molecule has 118 valence electrons. The van der Waals surface area contributed by atoms with Crippen molar-refractivity contribution in [2.24, 2.45) is 11.3 Å². The molecule has 0 radical (unpaired) electrons. The molecule has 0 bridgehead atoms. The quantitative estimate of drug-likeness (QED) is 0.808. The monoisotopic (exact) mass is 277 g/mol. The maximum absolute atomic E-state index is 11.6. The molecule has 19 heavy (non-hydrogen) atoms. The van der Waals surface area contributed by atoms with Crippen molar-refractivity contribution in [3.63, 3.8) is 0 Å². The van der Waals surface area contributed by atoms with Crippen LogP contribution in [0, 0.1) is 11.3 Å². The zero-order chi connectivity index (χ0) is 16.2. The highest BCUT2D eigenvalue weighted by Crippen LogP contribution is 2.27. The second kappa shape index (κ2) is 12.6. The predicted molar refractivity (Wildman–Crippen MR) is 82.3 cm³/mol. The molecule has 0 amide bonds. The van der Waals surface area contributed by atoms with E-state index in [1.807, 2.05) is 53.7 Å². The second-order valence-electron chi connectivity index (χ2n) is 5.61. The summed E-state index contributed by atoms with van der Waals surface area (Å²) < 4.78 is 0. The molecule has 4 nitrogen and oxygen atoms in total. The minimum absolute atomic E-state index is 0.0356. The number of hydrogen-bond donors (Lipinski definition) is 2. The fourth-order valence-corrected chi connectivity index (χ4v) is 1.39. The van der Waals surface area contributed by atoms with Crippen LogP contribution in [0.25, 0.3) is 0 Å². The van der Waals surface area contributed by atoms with Gasteiger partial charge in [0.05, 0.1) is 6.10 Å². The zero-order valence-corrected chi connectivity index (χ0v) is 14.3. The summed E-state index contributed by atoms with van der Waals surface area (Å²) in [6, 6.07) is 0. The van der Waals surface area contributed by atoms with Gasteiger partial charge in [-0.25, -0.2) is 0 Å². The Morgan fingerprint density at radius 1 is 1.16 bits per heavy atom. The number of ketones is 1. The van der Waals surface area contributed by atoms with E-state index in [0.717, 1.165) is 0 Å². The summed E-state index contributed by atoms with van der Waals surface area (Å²) in [4.78, 5) is 13.6. The van der Waals surface area contributed by atoms with Gasteiger partial charge in [-0.05, 0) is 27.6 Å². The van der Waals surface area contributed by atoms with Gasteiger partial charge in [-0.2, -0.15) is 0 Å². The Kier molecular flexibility index (Phi) is 15.6. The smallest absolute Gasteiger partial charge is 0.143 e. The highest BCUT2D eigenvalue weighted by atomic mass is 16.3. The van der Waals surface area contributed by atoms with Crippen LogP contribution < -0.4 is 0 Å². The molecule has 0 spiro atoms. The molecule has 0 aromatic heterocycles. The molecule has 0 saturated carbocycles. The van der Waals surface area contributed by atoms with Crippen LogP contribution in [0.15, 0.2) is 0 Å². The van der Waals surface area contributed by atoms with Crippen molar-refractivity contribution in [3.8, 4) is 0 Å². The van der Waals surface area contributed by atoms with Gasteiger partial charge in [0.15, 0.2) is 0 Å². The van der Waals surface area contributed by atoms with Crippen molar-refractivity contribution < 1.29 is 15.0 Å². The normalized spacial score (nSPS) is 12.3. The summed E-state index contributed by atoms with van der Waals surface area (Å²) in [6.45, 7) is 11.0. The van der Waals surface area contributed by atoms with Crippen LogP contribution in [0.2, 0.25) is 0 Å². The largest absolute Gasteiger partial charge is 0.396 e. The maximum atomic E-state index is 11.6. The standard InChI is InChI=1S/C10H20O3.C3H9N.C2H6/c1-7(2)9(13)10(3,4)8(12)5-6-11;1-4(2)3;1-2/h7-8,11-12H,5-6H2,1-4H3;1-3H3;1-2H3. The number of hydrogen-bond acceptors (Lipinski definition) is 4. The fraction of sp³-hybridized carbons (Fsp3) is 0.933. The molecular weight excluding hydrogens is 242 g/mol. The molecule has 2 N–H and O–H groups in total. The van der Waals surface area contributed by atoms with Crippen LogP contribution >= 0.6 is 0 Å². The molecule has 4 heteroatoms. The van der Waals surface area contributed by atoms with Crippen LogP contribution in [0.4, 0.5) is 0 Å². The molecule has 0 aromatic rings. The Morgan fingerprint density at radius 3 is 1.68 bits per heavy atom. The van der Waals surface area contributed by atoms with Gasteiger partial charge in [0.2, 0.25) is 0 Å². The van der Waals surface area contributed by atoms with Gasteiger partial charge in [0, 0.05) is 17.9 Å². The van der Waals surface area contributed by atoms with Crippen LogP contribution in [-0.4, -0.2) is 54.8 Å². The molecule has 0 aliphatic rings. The Morgan fingerprint density at radius 2 is 1.47 bits per heavy atom. The molecule has 0 aromatic carbocycles. The molecule has 0 saturated heterocycles. The van der Waals surface area contributed by atoms with Gasteiger partial charge in [0.1, 0.15) is 5.78 Å². The lowest BCUT2D eigenvalue weighted by Crippen LogP contribution is -2.40. The molecule has 0 heterocycles. The van der Waals surface area contributed by atoms with E-state index in [-0.39, 0.29) is 24.7 Å². The summed E-state index contributed by atoms with van der Waals surface area (Å²) in [5.41, 5.74) is -0.753. The van der Waals surface area contributed by atoms with E-state index in [4.69, 9.17) is 5.11 Å². The van der Waals surface area contributed by atoms with Gasteiger partial charge >= 0.3 is 0 Å². The molecule has 1 atom stereocenters. The number of nitrogens with zero attached hydrogens (tertiary/aromatic N) is 1. The van der Waals surface area contributed by atoms with Crippen LogP contribution in [-0.2, 0) is 4.79 Å². The molecule has 1 unspecified atom stereocenters. The first-order valence-electron chi connectivity index (χ1n) is 7.01. The van der Waals surface area contributed by atoms with Crippen LogP contribution in [0.5, 0.6) is 0 Å². The molecular formula is C15H35NO3. The summed E-state index contributed by atoms with van der Waals surface area (Å²) >= 11 is 0. The van der Waals surface area contributed by atoms with Gasteiger partial charge < -0.3 is 15.1 Å². The average molecular weight is 277 g/mol. The van der Waals surface area contributed by atoms with Crippen molar-refractivity contribution in [2.75, 3.05) is 27.7 Å². The third-order valence-electron chi connectivity index (χ3n) is 2.40. The highest BCUT2D eigenvalue weighted by molar-refractivity contribution is 5.86. The Labute approximate surface area is 119 Å². The number of carbonyl (C=O) groups is 1. The highest BCUT2D eigenvalue weighted by Gasteiger charge is 2.36. The lowest BCUT2D eigenvalue weighted by molar-refractivity contribution is -0.136. The third-order valence-corrected chi connectivity index (χ3v) is 2.40. The van der Waals surface area contributed by atoms with Gasteiger partial charge in [0.25, 0.3) is 0 Å². The Hall–Kier alpha value is -0.450. The third kappa shape index (κ3) is 12.3. The fourth-order valence-electron chi connectivity index (χ4n) is 1.39. The van der Waals surface area contributed by atoms with E-state index in [2.05, 4.69) is 0 Å². The minimum atomic E-state index is -0.757.